The van der Waals surface area contributed by atoms with E-state index in [0.717, 1.165) is 0 Å². The van der Waals surface area contributed by atoms with E-state index >= 15 is 0 Å². The molecule has 2 aliphatic rings. The fourth-order valence-corrected chi connectivity index (χ4v) is 3.44. The molecule has 2 fully saturated rings. The minimum Gasteiger partial charge on any atom is -0.480 e. The molecule has 2 rings (SSSR count). The summed E-state index contributed by atoms with van der Waals surface area (Å²) in [4.78, 5) is 37.7. The quantitative estimate of drug-likeness (QED) is 0.722. The number of amides is 2. The van der Waals surface area contributed by atoms with Crippen molar-refractivity contribution in [3.63, 3.8) is 0 Å². The molecule has 2 atom stereocenters. The average molecular weight is 318 g/mol. The first kappa shape index (κ1) is 15.9. The zero-order valence-electron chi connectivity index (χ0n) is 11.7. The lowest BCUT2D eigenvalue weighted by Crippen LogP contribution is -2.54. The van der Waals surface area contributed by atoms with E-state index in [1.807, 2.05) is 0 Å². The van der Waals surface area contributed by atoms with Crippen molar-refractivity contribution in [2.75, 3.05) is 38.4 Å². The second-order valence-electron chi connectivity index (χ2n) is 4.83. The topological polar surface area (TPSA) is 96.4 Å². The van der Waals surface area contributed by atoms with Crippen LogP contribution in [0.4, 0.5) is 4.79 Å². The number of ether oxygens (including phenoxy) is 2. The number of hydrogen-bond acceptors (Lipinski definition) is 6. The van der Waals surface area contributed by atoms with Gasteiger partial charge in [0.25, 0.3) is 0 Å². The Balaban J connectivity index is 1.95. The number of thioether (sulfide) groups is 1. The number of morpholine rings is 1. The number of nitrogens with zero attached hydrogens (tertiary/aromatic N) is 2. The molecule has 0 aromatic heterocycles. The van der Waals surface area contributed by atoms with Gasteiger partial charge in [-0.1, -0.05) is 0 Å². The van der Waals surface area contributed by atoms with Crippen molar-refractivity contribution in [3.8, 4) is 0 Å². The number of hydrogen-bond donors (Lipinski definition) is 1. The molecule has 0 aromatic rings. The Kier molecular flexibility index (Phi) is 5.29. The van der Waals surface area contributed by atoms with Gasteiger partial charge >= 0.3 is 18.0 Å². The van der Waals surface area contributed by atoms with Crippen molar-refractivity contribution in [2.45, 2.75) is 18.6 Å². The van der Waals surface area contributed by atoms with Gasteiger partial charge in [0.2, 0.25) is 0 Å². The molecule has 0 aliphatic carbocycles. The number of esters is 1. The lowest BCUT2D eigenvalue weighted by molar-refractivity contribution is -0.145. The summed E-state index contributed by atoms with van der Waals surface area (Å²) in [6.45, 7) is 0.984. The number of carboxylic acid groups (broad SMARTS) is 1. The number of carbonyl (C=O) groups is 3. The molecule has 0 saturated carbocycles. The minimum absolute atomic E-state index is 0.0807. The van der Waals surface area contributed by atoms with Crippen LogP contribution in [0.5, 0.6) is 0 Å². The number of aliphatic carboxylic acids is 1. The summed E-state index contributed by atoms with van der Waals surface area (Å²) in [7, 11) is 1.30. The standard InChI is InChI=1S/C12H18N2O6S/c1-19-10(15)4-8-5-13(2-3-20-8)12(18)14-7-21-6-9(14)11(16)17/h8-9H,2-7H2,1H3,(H,16,17). The average Bonchev–Trinajstić information content (AvgIpc) is 2.96. The highest BCUT2D eigenvalue weighted by Gasteiger charge is 2.38. The van der Waals surface area contributed by atoms with Crippen LogP contribution < -0.4 is 0 Å². The Morgan fingerprint density at radius 2 is 2.19 bits per heavy atom. The Hall–Kier alpha value is -1.48. The van der Waals surface area contributed by atoms with Crippen molar-refractivity contribution >= 4 is 29.7 Å². The van der Waals surface area contributed by atoms with Gasteiger partial charge in [-0.25, -0.2) is 9.59 Å². The Morgan fingerprint density at radius 3 is 2.86 bits per heavy atom. The predicted molar refractivity (Wildman–Crippen MR) is 73.9 cm³/mol. The highest BCUT2D eigenvalue weighted by molar-refractivity contribution is 7.99. The Bertz CT molecular complexity index is 432. The van der Waals surface area contributed by atoms with E-state index in [-0.39, 0.29) is 19.0 Å². The molecule has 0 radical (unpaired) electrons. The lowest BCUT2D eigenvalue weighted by atomic mass is 10.2. The van der Waals surface area contributed by atoms with Gasteiger partial charge in [-0.2, -0.15) is 0 Å². The maximum Gasteiger partial charge on any atom is 0.327 e. The summed E-state index contributed by atoms with van der Waals surface area (Å²) in [5.41, 5.74) is 0. The number of methoxy groups -OCH3 is 1. The van der Waals surface area contributed by atoms with Crippen LogP contribution in [0.1, 0.15) is 6.42 Å². The molecule has 0 spiro atoms. The third-order valence-corrected chi connectivity index (χ3v) is 4.46. The predicted octanol–water partition coefficient (Wildman–Crippen LogP) is -0.170. The van der Waals surface area contributed by atoms with E-state index in [0.29, 0.717) is 24.8 Å². The lowest BCUT2D eigenvalue weighted by Gasteiger charge is -2.35. The third-order valence-electron chi connectivity index (χ3n) is 3.44. The molecular weight excluding hydrogens is 300 g/mol. The van der Waals surface area contributed by atoms with Crippen LogP contribution >= 0.6 is 11.8 Å². The van der Waals surface area contributed by atoms with Crippen molar-refractivity contribution < 1.29 is 29.0 Å². The van der Waals surface area contributed by atoms with Gasteiger partial charge in [0.15, 0.2) is 0 Å². The maximum atomic E-state index is 12.4. The van der Waals surface area contributed by atoms with Crippen molar-refractivity contribution in [1.82, 2.24) is 9.80 Å². The molecule has 0 bridgehead atoms. The van der Waals surface area contributed by atoms with Crippen LogP contribution in [0.15, 0.2) is 0 Å². The van der Waals surface area contributed by atoms with E-state index in [9.17, 15) is 14.4 Å². The molecule has 0 aromatic carbocycles. The highest BCUT2D eigenvalue weighted by Crippen LogP contribution is 2.23. The molecule has 1 N–H and O–H groups in total. The number of carboxylic acids is 1. The first-order valence-electron chi connectivity index (χ1n) is 6.57. The van der Waals surface area contributed by atoms with Crippen LogP contribution in [0.25, 0.3) is 0 Å². The largest absolute Gasteiger partial charge is 0.480 e. The zero-order valence-corrected chi connectivity index (χ0v) is 12.5. The van der Waals surface area contributed by atoms with E-state index in [2.05, 4.69) is 4.74 Å². The second kappa shape index (κ2) is 6.99. The highest BCUT2D eigenvalue weighted by atomic mass is 32.2. The summed E-state index contributed by atoms with van der Waals surface area (Å²) in [5.74, 6) is -0.617. The Morgan fingerprint density at radius 1 is 1.43 bits per heavy atom. The molecular formula is C12H18N2O6S. The molecule has 2 aliphatic heterocycles. The van der Waals surface area contributed by atoms with Gasteiger partial charge < -0.3 is 24.4 Å². The van der Waals surface area contributed by atoms with Gasteiger partial charge in [0.05, 0.1) is 32.1 Å². The summed E-state index contributed by atoms with van der Waals surface area (Å²) in [5, 5.41) is 9.12. The first-order chi connectivity index (χ1) is 10.0. The molecule has 9 heteroatoms. The monoisotopic (exact) mass is 318 g/mol. The fourth-order valence-electron chi connectivity index (χ4n) is 2.30. The third kappa shape index (κ3) is 3.79. The summed E-state index contributed by atoms with van der Waals surface area (Å²) < 4.78 is 10.0. The van der Waals surface area contributed by atoms with E-state index in [1.165, 1.54) is 23.8 Å². The summed E-state index contributed by atoms with van der Waals surface area (Å²) in [6, 6.07) is -1.10. The minimum atomic E-state index is -0.993. The van der Waals surface area contributed by atoms with Gasteiger partial charge in [-0.15, -0.1) is 11.8 Å². The fraction of sp³-hybridized carbons (Fsp3) is 0.750. The molecule has 21 heavy (non-hydrogen) atoms. The zero-order chi connectivity index (χ0) is 15.4. The van der Waals surface area contributed by atoms with Crippen LogP contribution in [0.2, 0.25) is 0 Å². The Labute approximate surface area is 126 Å². The summed E-state index contributed by atoms with van der Waals surface area (Å²) >= 11 is 1.42. The van der Waals surface area contributed by atoms with Gasteiger partial charge in [-0.3, -0.25) is 4.79 Å². The smallest absolute Gasteiger partial charge is 0.327 e. The van der Waals surface area contributed by atoms with Crippen molar-refractivity contribution in [3.05, 3.63) is 0 Å². The van der Waals surface area contributed by atoms with Crippen molar-refractivity contribution in [2.24, 2.45) is 0 Å². The first-order valence-corrected chi connectivity index (χ1v) is 7.73. The molecule has 2 heterocycles. The molecule has 2 amide bonds. The molecule has 8 nitrogen and oxygen atoms in total. The maximum absolute atomic E-state index is 12.4. The number of urea groups is 1. The van der Waals surface area contributed by atoms with E-state index in [1.54, 1.807) is 4.90 Å². The van der Waals surface area contributed by atoms with Gasteiger partial charge in [0, 0.05) is 18.8 Å². The SMILES string of the molecule is COC(=O)CC1CN(C(=O)N2CSCC2C(=O)O)CCO1. The van der Waals surface area contributed by atoms with Crippen LogP contribution in [0.3, 0.4) is 0 Å². The van der Waals surface area contributed by atoms with E-state index < -0.39 is 24.1 Å². The van der Waals surface area contributed by atoms with Crippen LogP contribution in [-0.2, 0) is 19.1 Å². The molecule has 2 unspecified atom stereocenters. The van der Waals surface area contributed by atoms with Crippen molar-refractivity contribution in [1.29, 1.82) is 0 Å². The second-order valence-corrected chi connectivity index (χ2v) is 5.83. The molecule has 118 valence electrons. The normalized spacial score (nSPS) is 25.8. The number of carbonyl (C=O) groups excluding carboxylic acids is 2. The van der Waals surface area contributed by atoms with Gasteiger partial charge in [0.1, 0.15) is 6.04 Å². The molecule has 2 saturated heterocycles. The van der Waals surface area contributed by atoms with E-state index in [4.69, 9.17) is 9.84 Å². The summed E-state index contributed by atoms with van der Waals surface area (Å²) in [6.07, 6.45) is -0.328. The number of rotatable bonds is 3. The van der Waals surface area contributed by atoms with Crippen LogP contribution in [-0.4, -0.2) is 83.5 Å². The van der Waals surface area contributed by atoms with Crippen LogP contribution in [0, 0.1) is 0 Å². The van der Waals surface area contributed by atoms with Gasteiger partial charge in [-0.05, 0) is 0 Å².